The Labute approximate surface area is 151 Å². The second-order valence-corrected chi connectivity index (χ2v) is 9.03. The average Bonchev–Trinajstić information content (AvgIpc) is 2.95. The van der Waals surface area contributed by atoms with Crippen molar-refractivity contribution in [1.29, 1.82) is 0 Å². The molecule has 1 N–H and O–H groups in total. The molecule has 1 atom stereocenters. The number of thiophene rings is 1. The second-order valence-electron chi connectivity index (χ2n) is 5.22. The van der Waals surface area contributed by atoms with Crippen LogP contribution in [0.5, 0.6) is 0 Å². The number of piperazine rings is 1. The Bertz CT molecular complexity index is 777. The van der Waals surface area contributed by atoms with Crippen molar-refractivity contribution in [2.75, 3.05) is 19.6 Å². The summed E-state index contributed by atoms with van der Waals surface area (Å²) >= 11 is 7.58. The lowest BCUT2D eigenvalue weighted by Gasteiger charge is -2.35. The van der Waals surface area contributed by atoms with Crippen molar-refractivity contribution in [3.05, 3.63) is 51.9 Å². The summed E-state index contributed by atoms with van der Waals surface area (Å²) in [6.07, 6.45) is 0. The molecule has 23 heavy (non-hydrogen) atoms. The van der Waals surface area contributed by atoms with Gasteiger partial charge in [-0.1, -0.05) is 29.8 Å². The molecule has 1 aliphatic heterocycles. The van der Waals surface area contributed by atoms with Gasteiger partial charge in [0.2, 0.25) is 0 Å². The molecule has 0 aliphatic carbocycles. The van der Waals surface area contributed by atoms with Crippen LogP contribution in [0, 0.1) is 6.92 Å². The van der Waals surface area contributed by atoms with Gasteiger partial charge < -0.3 is 5.32 Å². The summed E-state index contributed by atoms with van der Waals surface area (Å²) in [6, 6.07) is 10.7. The zero-order valence-electron chi connectivity index (χ0n) is 12.5. The number of nitrogens with zero attached hydrogens (tertiary/aromatic N) is 1. The highest BCUT2D eigenvalue weighted by atomic mass is 35.5. The summed E-state index contributed by atoms with van der Waals surface area (Å²) in [5.74, 6) is 0. The summed E-state index contributed by atoms with van der Waals surface area (Å²) in [5.41, 5.74) is 0.841. The first-order valence-electron chi connectivity index (χ1n) is 7.03. The van der Waals surface area contributed by atoms with Crippen LogP contribution in [-0.2, 0) is 10.0 Å². The van der Waals surface area contributed by atoms with Crippen LogP contribution in [0.15, 0.2) is 40.6 Å². The van der Waals surface area contributed by atoms with Gasteiger partial charge in [-0.3, -0.25) is 0 Å². The molecule has 126 valence electrons. The van der Waals surface area contributed by atoms with E-state index < -0.39 is 10.0 Å². The molecule has 1 unspecified atom stereocenters. The Hall–Kier alpha value is -0.630. The highest BCUT2D eigenvalue weighted by Gasteiger charge is 2.35. The fourth-order valence-electron chi connectivity index (χ4n) is 2.65. The first-order chi connectivity index (χ1) is 10.5. The van der Waals surface area contributed by atoms with Gasteiger partial charge in [0.25, 0.3) is 10.0 Å². The van der Waals surface area contributed by atoms with E-state index in [-0.39, 0.29) is 18.4 Å². The van der Waals surface area contributed by atoms with Crippen molar-refractivity contribution >= 4 is 45.4 Å². The van der Waals surface area contributed by atoms with Crippen LogP contribution < -0.4 is 5.32 Å². The predicted octanol–water partition coefficient (Wildman–Crippen LogP) is 3.47. The molecule has 2 aromatic rings. The van der Waals surface area contributed by atoms with Gasteiger partial charge in [-0.05, 0) is 30.7 Å². The number of nitrogens with one attached hydrogen (secondary N) is 1. The minimum atomic E-state index is -3.50. The molecular formula is C15H18Cl2N2O2S2. The van der Waals surface area contributed by atoms with E-state index in [9.17, 15) is 8.42 Å². The van der Waals surface area contributed by atoms with Gasteiger partial charge >= 0.3 is 0 Å². The van der Waals surface area contributed by atoms with Crippen LogP contribution in [0.2, 0.25) is 5.02 Å². The number of halogens is 2. The highest BCUT2D eigenvalue weighted by molar-refractivity contribution is 7.91. The van der Waals surface area contributed by atoms with Crippen molar-refractivity contribution in [3.8, 4) is 0 Å². The first kappa shape index (κ1) is 18.7. The molecule has 3 rings (SSSR count). The Morgan fingerprint density at radius 1 is 1.26 bits per heavy atom. The standard InChI is InChI=1S/C15H17ClN2O2S2.ClH/c1-11-6-7-15(21-11)22(19,20)18-9-8-17-10-14(18)12-4-2-3-5-13(12)16;/h2-7,14,17H,8-10H2,1H3;1H. The molecular weight excluding hydrogens is 375 g/mol. The molecule has 0 amide bonds. The van der Waals surface area contributed by atoms with Gasteiger partial charge in [-0.15, -0.1) is 23.7 Å². The minimum absolute atomic E-state index is 0. The second kappa shape index (κ2) is 7.51. The smallest absolute Gasteiger partial charge is 0.253 e. The number of hydrogen-bond donors (Lipinski definition) is 1. The number of sulfonamides is 1. The fraction of sp³-hybridized carbons (Fsp3) is 0.333. The van der Waals surface area contributed by atoms with E-state index in [1.54, 1.807) is 16.4 Å². The van der Waals surface area contributed by atoms with E-state index >= 15 is 0 Å². The lowest BCUT2D eigenvalue weighted by molar-refractivity contribution is 0.272. The number of benzene rings is 1. The molecule has 4 nitrogen and oxygen atoms in total. The molecule has 1 aliphatic rings. The van der Waals surface area contributed by atoms with Gasteiger partial charge in [0, 0.05) is 29.5 Å². The van der Waals surface area contributed by atoms with E-state index in [0.29, 0.717) is 28.9 Å². The van der Waals surface area contributed by atoms with Gasteiger partial charge in [-0.2, -0.15) is 4.31 Å². The average molecular weight is 393 g/mol. The molecule has 1 aromatic carbocycles. The molecule has 2 heterocycles. The maximum Gasteiger partial charge on any atom is 0.253 e. The first-order valence-corrected chi connectivity index (χ1v) is 9.67. The van der Waals surface area contributed by atoms with Crippen molar-refractivity contribution in [3.63, 3.8) is 0 Å². The zero-order valence-corrected chi connectivity index (χ0v) is 15.7. The van der Waals surface area contributed by atoms with Crippen LogP contribution in [-0.4, -0.2) is 32.4 Å². The van der Waals surface area contributed by atoms with Crippen LogP contribution >= 0.6 is 35.3 Å². The lowest BCUT2D eigenvalue weighted by Crippen LogP contribution is -2.48. The van der Waals surface area contributed by atoms with E-state index in [1.807, 2.05) is 31.2 Å². The van der Waals surface area contributed by atoms with E-state index in [0.717, 1.165) is 10.4 Å². The SMILES string of the molecule is Cc1ccc(S(=O)(=O)N2CCNCC2c2ccccc2Cl)s1.Cl. The normalized spacial score (nSPS) is 19.3. The largest absolute Gasteiger partial charge is 0.313 e. The molecule has 0 bridgehead atoms. The quantitative estimate of drug-likeness (QED) is 0.869. The maximum atomic E-state index is 13.0. The van der Waals surface area contributed by atoms with Gasteiger partial charge in [0.1, 0.15) is 4.21 Å². The van der Waals surface area contributed by atoms with E-state index in [2.05, 4.69) is 5.32 Å². The summed E-state index contributed by atoms with van der Waals surface area (Å²) in [5, 5.41) is 3.85. The van der Waals surface area contributed by atoms with E-state index in [1.165, 1.54) is 11.3 Å². The van der Waals surface area contributed by atoms with Gasteiger partial charge in [-0.25, -0.2) is 8.42 Å². The van der Waals surface area contributed by atoms with Crippen LogP contribution in [0.3, 0.4) is 0 Å². The van der Waals surface area contributed by atoms with Gasteiger partial charge in [0.15, 0.2) is 0 Å². The van der Waals surface area contributed by atoms with Crippen LogP contribution in [0.1, 0.15) is 16.5 Å². The third kappa shape index (κ3) is 3.73. The Kier molecular flexibility index (Phi) is 6.10. The monoisotopic (exact) mass is 392 g/mol. The molecule has 1 saturated heterocycles. The molecule has 8 heteroatoms. The number of aryl methyl sites for hydroxylation is 1. The fourth-order valence-corrected chi connectivity index (χ4v) is 5.93. The third-order valence-corrected chi connectivity index (χ3v) is 7.46. The third-order valence-electron chi connectivity index (χ3n) is 3.74. The number of hydrogen-bond acceptors (Lipinski definition) is 4. The van der Waals surface area contributed by atoms with Gasteiger partial charge in [0.05, 0.1) is 6.04 Å². The summed E-state index contributed by atoms with van der Waals surface area (Å²) in [6.45, 7) is 3.56. The van der Waals surface area contributed by atoms with Crippen molar-refractivity contribution in [2.24, 2.45) is 0 Å². The summed E-state index contributed by atoms with van der Waals surface area (Å²) in [7, 11) is -3.50. The van der Waals surface area contributed by atoms with Crippen molar-refractivity contribution in [2.45, 2.75) is 17.2 Å². The van der Waals surface area contributed by atoms with Crippen molar-refractivity contribution in [1.82, 2.24) is 9.62 Å². The molecule has 1 fully saturated rings. The minimum Gasteiger partial charge on any atom is -0.313 e. The zero-order chi connectivity index (χ0) is 15.7. The Morgan fingerprint density at radius 2 is 2.00 bits per heavy atom. The molecule has 0 spiro atoms. The molecule has 0 saturated carbocycles. The number of rotatable bonds is 3. The van der Waals surface area contributed by atoms with Crippen LogP contribution in [0.25, 0.3) is 0 Å². The summed E-state index contributed by atoms with van der Waals surface area (Å²) in [4.78, 5) is 0.989. The molecule has 0 radical (unpaired) electrons. The molecule has 1 aromatic heterocycles. The predicted molar refractivity (Wildman–Crippen MR) is 97.3 cm³/mol. The topological polar surface area (TPSA) is 49.4 Å². The Balaban J connectivity index is 0.00000192. The maximum absolute atomic E-state index is 13.0. The van der Waals surface area contributed by atoms with E-state index in [4.69, 9.17) is 11.6 Å². The highest BCUT2D eigenvalue weighted by Crippen LogP contribution is 2.34. The Morgan fingerprint density at radius 3 is 2.65 bits per heavy atom. The summed E-state index contributed by atoms with van der Waals surface area (Å²) < 4.78 is 27.9. The van der Waals surface area contributed by atoms with Crippen LogP contribution in [0.4, 0.5) is 0 Å². The van der Waals surface area contributed by atoms with Crippen molar-refractivity contribution < 1.29 is 8.42 Å². The lowest BCUT2D eigenvalue weighted by atomic mass is 10.1.